The molecule has 156 valence electrons. The van der Waals surface area contributed by atoms with E-state index in [-0.39, 0.29) is 19.1 Å². The highest BCUT2D eigenvalue weighted by Gasteiger charge is 2.21. The van der Waals surface area contributed by atoms with Gasteiger partial charge in [-0.3, -0.25) is 9.69 Å². The van der Waals surface area contributed by atoms with Gasteiger partial charge in [0, 0.05) is 6.20 Å². The van der Waals surface area contributed by atoms with E-state index >= 15 is 0 Å². The number of anilines is 1. The summed E-state index contributed by atoms with van der Waals surface area (Å²) in [6, 6.07) is 18.2. The summed E-state index contributed by atoms with van der Waals surface area (Å²) in [5.74, 6) is 2.44. The number of rotatable bonds is 9. The number of hydrogen-bond donors (Lipinski definition) is 0. The van der Waals surface area contributed by atoms with E-state index < -0.39 is 0 Å². The molecule has 0 atom stereocenters. The Bertz CT molecular complexity index is 939. The molecular weight excluding hydrogens is 384 g/mol. The molecule has 0 aliphatic heterocycles. The molecule has 0 spiro atoms. The second kappa shape index (κ2) is 10.2. The number of pyridine rings is 1. The van der Waals surface area contributed by atoms with E-state index in [9.17, 15) is 4.79 Å². The van der Waals surface area contributed by atoms with Crippen LogP contribution < -0.4 is 23.8 Å². The Kier molecular flexibility index (Phi) is 7.10. The minimum Gasteiger partial charge on any atom is -0.493 e. The quantitative estimate of drug-likeness (QED) is 0.538. The molecule has 0 aliphatic rings. The maximum absolute atomic E-state index is 13.0. The predicted octanol–water partition coefficient (Wildman–Crippen LogP) is 3.72. The maximum Gasteiger partial charge on any atom is 0.266 e. The molecule has 3 rings (SSSR count). The van der Waals surface area contributed by atoms with Crippen LogP contribution in [0.1, 0.15) is 5.56 Å². The van der Waals surface area contributed by atoms with Gasteiger partial charge in [-0.2, -0.15) is 0 Å². The summed E-state index contributed by atoms with van der Waals surface area (Å²) >= 11 is 0. The van der Waals surface area contributed by atoms with Crippen LogP contribution in [0.15, 0.2) is 66.9 Å². The number of carbonyl (C=O) groups is 1. The number of benzene rings is 2. The molecule has 0 N–H and O–H groups in total. The molecule has 7 nitrogen and oxygen atoms in total. The highest BCUT2D eigenvalue weighted by molar-refractivity contribution is 5.93. The van der Waals surface area contributed by atoms with E-state index in [2.05, 4.69) is 4.98 Å². The number of methoxy groups -OCH3 is 3. The van der Waals surface area contributed by atoms with Gasteiger partial charge >= 0.3 is 0 Å². The van der Waals surface area contributed by atoms with E-state index in [1.165, 1.54) is 0 Å². The van der Waals surface area contributed by atoms with Gasteiger partial charge in [0.1, 0.15) is 11.6 Å². The molecule has 0 fully saturated rings. The lowest BCUT2D eigenvalue weighted by molar-refractivity contribution is -0.120. The normalized spacial score (nSPS) is 10.2. The van der Waals surface area contributed by atoms with E-state index in [1.807, 2.05) is 36.4 Å². The van der Waals surface area contributed by atoms with Crippen LogP contribution in [-0.2, 0) is 11.3 Å². The Labute approximate surface area is 175 Å². The SMILES string of the molecule is COc1cc(CN(C(=O)COc2ccccc2)c2ccccn2)cc(OC)c1OC. The lowest BCUT2D eigenvalue weighted by Crippen LogP contribution is -2.35. The van der Waals surface area contributed by atoms with Gasteiger partial charge in [0.2, 0.25) is 5.75 Å². The molecule has 3 aromatic rings. The Morgan fingerprint density at radius 3 is 2.13 bits per heavy atom. The van der Waals surface area contributed by atoms with Crippen LogP contribution in [0, 0.1) is 0 Å². The third-order valence-corrected chi connectivity index (χ3v) is 4.40. The van der Waals surface area contributed by atoms with Crippen molar-refractivity contribution in [2.75, 3.05) is 32.8 Å². The molecule has 0 bridgehead atoms. The first-order chi connectivity index (χ1) is 14.7. The summed E-state index contributed by atoms with van der Waals surface area (Å²) in [6.07, 6.45) is 1.64. The van der Waals surface area contributed by atoms with Crippen molar-refractivity contribution in [3.63, 3.8) is 0 Å². The molecule has 1 amide bonds. The first kappa shape index (κ1) is 21.0. The van der Waals surface area contributed by atoms with Crippen LogP contribution in [0.2, 0.25) is 0 Å². The molecule has 1 aromatic heterocycles. The number of carbonyl (C=O) groups excluding carboxylic acids is 1. The number of aromatic nitrogens is 1. The second-order valence-electron chi connectivity index (χ2n) is 6.30. The fraction of sp³-hybridized carbons (Fsp3) is 0.217. The topological polar surface area (TPSA) is 70.1 Å². The third kappa shape index (κ3) is 5.00. The van der Waals surface area contributed by atoms with Gasteiger partial charge < -0.3 is 18.9 Å². The molecule has 7 heteroatoms. The van der Waals surface area contributed by atoms with Gasteiger partial charge in [0.05, 0.1) is 27.9 Å². The van der Waals surface area contributed by atoms with Crippen molar-refractivity contribution in [1.29, 1.82) is 0 Å². The predicted molar refractivity (Wildman–Crippen MR) is 113 cm³/mol. The van der Waals surface area contributed by atoms with Gasteiger partial charge in [0.15, 0.2) is 18.1 Å². The summed E-state index contributed by atoms with van der Waals surface area (Å²) < 4.78 is 21.9. The van der Waals surface area contributed by atoms with Crippen LogP contribution in [0.5, 0.6) is 23.0 Å². The van der Waals surface area contributed by atoms with Crippen molar-refractivity contribution in [3.05, 3.63) is 72.4 Å². The minimum absolute atomic E-state index is 0.120. The number of amides is 1. The smallest absolute Gasteiger partial charge is 0.266 e. The highest BCUT2D eigenvalue weighted by Crippen LogP contribution is 2.38. The molecule has 0 radical (unpaired) electrons. The first-order valence-electron chi connectivity index (χ1n) is 9.34. The average molecular weight is 408 g/mol. The van der Waals surface area contributed by atoms with Crippen molar-refractivity contribution >= 4 is 11.7 Å². The van der Waals surface area contributed by atoms with Crippen molar-refractivity contribution in [1.82, 2.24) is 4.98 Å². The van der Waals surface area contributed by atoms with Crippen molar-refractivity contribution in [2.24, 2.45) is 0 Å². The fourth-order valence-corrected chi connectivity index (χ4v) is 2.96. The number of nitrogens with zero attached hydrogens (tertiary/aromatic N) is 2. The molecule has 30 heavy (non-hydrogen) atoms. The van der Waals surface area contributed by atoms with E-state index in [4.69, 9.17) is 18.9 Å². The number of hydrogen-bond acceptors (Lipinski definition) is 6. The zero-order valence-corrected chi connectivity index (χ0v) is 17.2. The first-order valence-corrected chi connectivity index (χ1v) is 9.34. The largest absolute Gasteiger partial charge is 0.493 e. The molecular formula is C23H24N2O5. The average Bonchev–Trinajstić information content (AvgIpc) is 2.81. The van der Waals surface area contributed by atoms with Gasteiger partial charge in [-0.25, -0.2) is 4.98 Å². The van der Waals surface area contributed by atoms with Crippen LogP contribution in [0.3, 0.4) is 0 Å². The van der Waals surface area contributed by atoms with Gasteiger partial charge in [0.25, 0.3) is 5.91 Å². The van der Waals surface area contributed by atoms with Crippen LogP contribution >= 0.6 is 0 Å². The molecule has 0 saturated heterocycles. The summed E-state index contributed by atoms with van der Waals surface area (Å²) in [5.41, 5.74) is 0.795. The van der Waals surface area contributed by atoms with E-state index in [1.54, 1.807) is 56.7 Å². The lowest BCUT2D eigenvalue weighted by atomic mass is 10.1. The molecule has 0 unspecified atom stereocenters. The third-order valence-electron chi connectivity index (χ3n) is 4.40. The summed E-state index contributed by atoms with van der Waals surface area (Å²) in [6.45, 7) is 0.135. The zero-order valence-electron chi connectivity index (χ0n) is 17.2. The molecule has 2 aromatic carbocycles. The second-order valence-corrected chi connectivity index (χ2v) is 6.30. The number of ether oxygens (including phenoxy) is 4. The van der Waals surface area contributed by atoms with E-state index in [0.29, 0.717) is 28.8 Å². The lowest BCUT2D eigenvalue weighted by Gasteiger charge is -2.23. The Balaban J connectivity index is 1.87. The fourth-order valence-electron chi connectivity index (χ4n) is 2.96. The molecule has 0 saturated carbocycles. The summed E-state index contributed by atoms with van der Waals surface area (Å²) in [4.78, 5) is 18.9. The Morgan fingerprint density at radius 2 is 1.57 bits per heavy atom. The molecule has 1 heterocycles. The standard InChI is InChI=1S/C23H24N2O5/c1-27-19-13-17(14-20(28-2)23(19)29-3)15-25(21-11-7-8-12-24-21)22(26)16-30-18-9-5-4-6-10-18/h4-14H,15-16H2,1-3H3. The van der Waals surface area contributed by atoms with Crippen molar-refractivity contribution in [2.45, 2.75) is 6.54 Å². The van der Waals surface area contributed by atoms with Crippen molar-refractivity contribution in [3.8, 4) is 23.0 Å². The van der Waals surface area contributed by atoms with Crippen LogP contribution in [0.25, 0.3) is 0 Å². The maximum atomic E-state index is 13.0. The minimum atomic E-state index is -0.230. The summed E-state index contributed by atoms with van der Waals surface area (Å²) in [7, 11) is 4.65. The highest BCUT2D eigenvalue weighted by atomic mass is 16.5. The van der Waals surface area contributed by atoms with Gasteiger partial charge in [-0.05, 0) is 42.0 Å². The van der Waals surface area contributed by atoms with Gasteiger partial charge in [-0.1, -0.05) is 24.3 Å². The van der Waals surface area contributed by atoms with Crippen LogP contribution in [0.4, 0.5) is 5.82 Å². The Hall–Kier alpha value is -3.74. The van der Waals surface area contributed by atoms with Crippen LogP contribution in [-0.4, -0.2) is 38.8 Å². The van der Waals surface area contributed by atoms with E-state index in [0.717, 1.165) is 5.56 Å². The monoisotopic (exact) mass is 408 g/mol. The summed E-state index contributed by atoms with van der Waals surface area (Å²) in [5, 5.41) is 0. The zero-order chi connectivity index (χ0) is 21.3. The van der Waals surface area contributed by atoms with Crippen molar-refractivity contribution < 1.29 is 23.7 Å². The Morgan fingerprint density at radius 1 is 0.900 bits per heavy atom. The van der Waals surface area contributed by atoms with Gasteiger partial charge in [-0.15, -0.1) is 0 Å². The number of para-hydroxylation sites is 1. The molecule has 0 aliphatic carbocycles.